The second kappa shape index (κ2) is 8.17. The molecule has 3 nitrogen and oxygen atoms in total. The lowest BCUT2D eigenvalue weighted by molar-refractivity contribution is -0.125. The Morgan fingerprint density at radius 2 is 1.17 bits per heavy atom. The zero-order valence-electron chi connectivity index (χ0n) is 12.2. The summed E-state index contributed by atoms with van der Waals surface area (Å²) in [5, 5.41) is 0. The van der Waals surface area contributed by atoms with Crippen LogP contribution < -0.4 is 0 Å². The van der Waals surface area contributed by atoms with Gasteiger partial charge in [0.1, 0.15) is 17.3 Å². The number of hydrogen-bond acceptors (Lipinski definition) is 3. The Balaban J connectivity index is 4.90. The predicted molar refractivity (Wildman–Crippen MR) is 72.5 cm³/mol. The number of carbonyl (C=O) groups excluding carboxylic acids is 3. The van der Waals surface area contributed by atoms with Crippen LogP contribution in [0.3, 0.4) is 0 Å². The van der Waals surface area contributed by atoms with Gasteiger partial charge in [-0.1, -0.05) is 26.2 Å². The van der Waals surface area contributed by atoms with Gasteiger partial charge in [0.15, 0.2) is 0 Å². The van der Waals surface area contributed by atoms with Crippen molar-refractivity contribution >= 4 is 17.3 Å². The van der Waals surface area contributed by atoms with Crippen molar-refractivity contribution in [3.05, 3.63) is 0 Å². The van der Waals surface area contributed by atoms with E-state index in [1.807, 2.05) is 0 Å². The van der Waals surface area contributed by atoms with Gasteiger partial charge >= 0.3 is 0 Å². The van der Waals surface area contributed by atoms with E-state index in [1.54, 1.807) is 0 Å². The molecule has 0 aliphatic heterocycles. The molecule has 0 aromatic rings. The SMILES string of the molecule is CCCCCC(CC(C)=O)(CC(C)=O)CC(C)=O. The van der Waals surface area contributed by atoms with E-state index in [4.69, 9.17) is 0 Å². The first kappa shape index (κ1) is 17.0. The van der Waals surface area contributed by atoms with Crippen LogP contribution in [0, 0.1) is 5.41 Å². The lowest BCUT2D eigenvalue weighted by atomic mass is 9.71. The summed E-state index contributed by atoms with van der Waals surface area (Å²) in [4.78, 5) is 34.3. The van der Waals surface area contributed by atoms with E-state index in [9.17, 15) is 14.4 Å². The fraction of sp³-hybridized carbons (Fsp3) is 0.800. The van der Waals surface area contributed by atoms with Crippen LogP contribution >= 0.6 is 0 Å². The summed E-state index contributed by atoms with van der Waals surface area (Å²) < 4.78 is 0. The average molecular weight is 254 g/mol. The molecule has 0 saturated heterocycles. The summed E-state index contributed by atoms with van der Waals surface area (Å²) in [5.41, 5.74) is -0.432. The number of rotatable bonds is 10. The van der Waals surface area contributed by atoms with Gasteiger partial charge in [-0.2, -0.15) is 0 Å². The van der Waals surface area contributed by atoms with Crippen molar-refractivity contribution in [3.63, 3.8) is 0 Å². The molecule has 0 amide bonds. The molecule has 104 valence electrons. The molecule has 0 atom stereocenters. The molecule has 0 spiro atoms. The second-order valence-electron chi connectivity index (χ2n) is 5.59. The minimum atomic E-state index is -0.432. The smallest absolute Gasteiger partial charge is 0.130 e. The zero-order valence-corrected chi connectivity index (χ0v) is 12.2. The third-order valence-electron chi connectivity index (χ3n) is 3.18. The van der Waals surface area contributed by atoms with Crippen molar-refractivity contribution in [2.45, 2.75) is 72.6 Å². The van der Waals surface area contributed by atoms with E-state index in [0.717, 1.165) is 25.7 Å². The Morgan fingerprint density at radius 1 is 0.778 bits per heavy atom. The molecule has 0 aromatic carbocycles. The van der Waals surface area contributed by atoms with Crippen LogP contribution in [-0.2, 0) is 14.4 Å². The molecule has 0 rings (SSSR count). The van der Waals surface area contributed by atoms with Crippen LogP contribution in [0.15, 0.2) is 0 Å². The van der Waals surface area contributed by atoms with Gasteiger partial charge in [-0.25, -0.2) is 0 Å². The Hall–Kier alpha value is -0.990. The van der Waals surface area contributed by atoms with Crippen LogP contribution in [0.1, 0.15) is 72.6 Å². The molecule has 0 heterocycles. The molecule has 3 heteroatoms. The third-order valence-corrected chi connectivity index (χ3v) is 3.18. The Labute approximate surface area is 110 Å². The zero-order chi connectivity index (χ0) is 14.2. The van der Waals surface area contributed by atoms with Gasteiger partial charge in [0.05, 0.1) is 0 Å². The van der Waals surface area contributed by atoms with E-state index >= 15 is 0 Å². The van der Waals surface area contributed by atoms with Crippen molar-refractivity contribution in [2.24, 2.45) is 5.41 Å². The minimum absolute atomic E-state index is 0.0639. The number of ketones is 3. The first-order chi connectivity index (χ1) is 8.31. The second-order valence-corrected chi connectivity index (χ2v) is 5.59. The van der Waals surface area contributed by atoms with Crippen LogP contribution in [0.4, 0.5) is 0 Å². The van der Waals surface area contributed by atoms with Crippen molar-refractivity contribution < 1.29 is 14.4 Å². The number of carbonyl (C=O) groups is 3. The third kappa shape index (κ3) is 7.36. The molecule has 0 aromatic heterocycles. The Kier molecular flexibility index (Phi) is 7.72. The average Bonchev–Trinajstić information content (AvgIpc) is 2.13. The van der Waals surface area contributed by atoms with Gasteiger partial charge < -0.3 is 14.4 Å². The quantitative estimate of drug-likeness (QED) is 0.561. The van der Waals surface area contributed by atoms with E-state index in [0.29, 0.717) is 19.3 Å². The van der Waals surface area contributed by atoms with Gasteiger partial charge in [0, 0.05) is 19.3 Å². The van der Waals surface area contributed by atoms with E-state index in [-0.39, 0.29) is 17.3 Å². The lowest BCUT2D eigenvalue weighted by Gasteiger charge is -2.31. The summed E-state index contributed by atoms with van der Waals surface area (Å²) in [6, 6.07) is 0. The van der Waals surface area contributed by atoms with E-state index in [1.165, 1.54) is 20.8 Å². The van der Waals surface area contributed by atoms with Crippen LogP contribution in [0.25, 0.3) is 0 Å². The van der Waals surface area contributed by atoms with Gasteiger partial charge in [-0.3, -0.25) is 0 Å². The first-order valence-electron chi connectivity index (χ1n) is 6.79. The van der Waals surface area contributed by atoms with Crippen molar-refractivity contribution in [1.82, 2.24) is 0 Å². The number of unbranched alkanes of at least 4 members (excludes halogenated alkanes) is 2. The fourth-order valence-electron chi connectivity index (χ4n) is 2.79. The normalized spacial score (nSPS) is 11.3. The topological polar surface area (TPSA) is 51.2 Å². The van der Waals surface area contributed by atoms with Crippen molar-refractivity contribution in [2.75, 3.05) is 0 Å². The minimum Gasteiger partial charge on any atom is -0.300 e. The van der Waals surface area contributed by atoms with E-state index in [2.05, 4.69) is 6.92 Å². The molecule has 0 saturated carbocycles. The molecule has 0 bridgehead atoms. The summed E-state index contributed by atoms with van der Waals surface area (Å²) >= 11 is 0. The highest BCUT2D eigenvalue weighted by Gasteiger charge is 2.33. The van der Waals surface area contributed by atoms with Crippen LogP contribution in [0.5, 0.6) is 0 Å². The Morgan fingerprint density at radius 3 is 1.44 bits per heavy atom. The summed E-state index contributed by atoms with van der Waals surface area (Å²) in [5.74, 6) is 0.192. The van der Waals surface area contributed by atoms with Crippen molar-refractivity contribution in [1.29, 1.82) is 0 Å². The molecule has 0 aliphatic carbocycles. The summed E-state index contributed by atoms with van der Waals surface area (Å²) in [7, 11) is 0. The number of Topliss-reactive ketones (excluding diaryl/α,β-unsaturated/α-hetero) is 3. The molecular weight excluding hydrogens is 228 g/mol. The monoisotopic (exact) mass is 254 g/mol. The highest BCUT2D eigenvalue weighted by Crippen LogP contribution is 2.37. The maximum absolute atomic E-state index is 11.4. The fourth-order valence-corrected chi connectivity index (χ4v) is 2.79. The Bertz CT molecular complexity index is 264. The summed E-state index contributed by atoms with van der Waals surface area (Å²) in [6.45, 7) is 6.72. The first-order valence-corrected chi connectivity index (χ1v) is 6.79. The van der Waals surface area contributed by atoms with Crippen LogP contribution in [-0.4, -0.2) is 17.3 Å². The highest BCUT2D eigenvalue weighted by molar-refractivity contribution is 5.83. The molecule has 0 fully saturated rings. The largest absolute Gasteiger partial charge is 0.300 e. The van der Waals surface area contributed by atoms with Gasteiger partial charge in [0.2, 0.25) is 0 Å². The molecular formula is C15H26O3. The van der Waals surface area contributed by atoms with Gasteiger partial charge in [-0.15, -0.1) is 0 Å². The molecule has 0 aliphatic rings. The summed E-state index contributed by atoms with van der Waals surface area (Å²) in [6.07, 6.45) is 4.97. The lowest BCUT2D eigenvalue weighted by Crippen LogP contribution is -2.29. The molecule has 18 heavy (non-hydrogen) atoms. The number of hydrogen-bond donors (Lipinski definition) is 0. The molecule has 0 unspecified atom stereocenters. The van der Waals surface area contributed by atoms with Gasteiger partial charge in [0.25, 0.3) is 0 Å². The van der Waals surface area contributed by atoms with Gasteiger partial charge in [-0.05, 0) is 32.6 Å². The van der Waals surface area contributed by atoms with Crippen molar-refractivity contribution in [3.8, 4) is 0 Å². The van der Waals surface area contributed by atoms with Crippen LogP contribution in [0.2, 0.25) is 0 Å². The maximum atomic E-state index is 11.4. The van der Waals surface area contributed by atoms with E-state index < -0.39 is 5.41 Å². The predicted octanol–water partition coefficient (Wildman–Crippen LogP) is 3.49. The molecule has 0 N–H and O–H groups in total. The molecule has 0 radical (unpaired) electrons. The maximum Gasteiger partial charge on any atom is 0.130 e. The standard InChI is InChI=1S/C15H26O3/c1-5-6-7-8-15(9-12(2)16,10-13(3)17)11-14(4)18/h5-11H2,1-4H3. The highest BCUT2D eigenvalue weighted by atomic mass is 16.1.